The molecule has 0 aromatic heterocycles. The molecule has 55 valence electrons. The maximum Gasteiger partial charge on any atom is 0.334 e. The minimum absolute atomic E-state index is 0.00380. The minimum atomic E-state index is -0.834. The fourth-order valence-electron chi connectivity index (χ4n) is 0.411. The largest absolute Gasteiger partial charge is 0.467 e. The van der Waals surface area contributed by atoms with E-state index in [0.29, 0.717) is 6.29 Å². The summed E-state index contributed by atoms with van der Waals surface area (Å²) in [6, 6.07) is 0. The van der Waals surface area contributed by atoms with Crippen molar-refractivity contribution in [3.05, 3.63) is 0 Å². The van der Waals surface area contributed by atoms with Crippen LogP contribution in [0.1, 0.15) is 6.42 Å². The van der Waals surface area contributed by atoms with Gasteiger partial charge in [-0.25, -0.2) is 4.79 Å². The van der Waals surface area contributed by atoms with Crippen molar-refractivity contribution in [1.29, 1.82) is 0 Å². The van der Waals surface area contributed by atoms with Gasteiger partial charge in [0.15, 0.2) is 0 Å². The average Bonchev–Trinajstić information content (AvgIpc) is 1.99. The second-order valence-corrected chi connectivity index (χ2v) is 1.77. The van der Waals surface area contributed by atoms with Crippen molar-refractivity contribution in [2.75, 3.05) is 7.11 Å². The molecule has 0 N–H and O–H groups in total. The van der Waals surface area contributed by atoms with E-state index in [9.17, 15) is 9.59 Å². The topological polar surface area (TPSA) is 52.6 Å². The molecule has 3 radical (unpaired) electrons. The van der Waals surface area contributed by atoms with Crippen LogP contribution >= 0.6 is 0 Å². The van der Waals surface area contributed by atoms with Crippen molar-refractivity contribution in [3.8, 4) is 0 Å². The molecule has 0 aliphatic heterocycles. The highest BCUT2D eigenvalue weighted by atomic mass is 28.2. The van der Waals surface area contributed by atoms with Crippen molar-refractivity contribution in [2.45, 2.75) is 12.5 Å². The standard InChI is InChI=1S/C5H7O4Si/c1-8-5(7)4(9-10)2-3-6/h3-4H,2H2,1H3. The van der Waals surface area contributed by atoms with E-state index in [2.05, 4.69) is 19.6 Å². The lowest BCUT2D eigenvalue weighted by Gasteiger charge is -2.08. The Balaban J connectivity index is 3.79. The maximum atomic E-state index is 10.6. The third-order valence-electron chi connectivity index (χ3n) is 0.917. The first kappa shape index (κ1) is 9.32. The molecule has 1 unspecified atom stereocenters. The summed E-state index contributed by atoms with van der Waals surface area (Å²) >= 11 is 0. The third-order valence-corrected chi connectivity index (χ3v) is 1.20. The minimum Gasteiger partial charge on any atom is -0.467 e. The Morgan fingerprint density at radius 1 is 1.80 bits per heavy atom. The SMILES string of the molecule is COC(=O)C(CC=O)O[Si]. The van der Waals surface area contributed by atoms with Gasteiger partial charge in [0.2, 0.25) is 10.5 Å². The normalized spacial score (nSPS) is 12.2. The Hall–Kier alpha value is -0.683. The van der Waals surface area contributed by atoms with Gasteiger partial charge in [0, 0.05) is 6.42 Å². The number of aldehydes is 1. The fraction of sp³-hybridized carbons (Fsp3) is 0.600. The van der Waals surface area contributed by atoms with E-state index in [0.717, 1.165) is 0 Å². The first-order chi connectivity index (χ1) is 4.76. The number of rotatable bonds is 4. The second-order valence-electron chi connectivity index (χ2n) is 1.53. The lowest BCUT2D eigenvalue weighted by atomic mass is 10.3. The smallest absolute Gasteiger partial charge is 0.334 e. The van der Waals surface area contributed by atoms with Gasteiger partial charge in [-0.1, -0.05) is 0 Å². The van der Waals surface area contributed by atoms with Crippen molar-refractivity contribution in [2.24, 2.45) is 0 Å². The lowest BCUT2D eigenvalue weighted by Crippen LogP contribution is -2.24. The van der Waals surface area contributed by atoms with Crippen molar-refractivity contribution < 1.29 is 18.8 Å². The molecular formula is C5H7O4Si. The van der Waals surface area contributed by atoms with E-state index in [1.165, 1.54) is 7.11 Å². The molecule has 0 saturated carbocycles. The van der Waals surface area contributed by atoms with E-state index >= 15 is 0 Å². The quantitative estimate of drug-likeness (QED) is 0.307. The Labute approximate surface area is 62.0 Å². The van der Waals surface area contributed by atoms with Crippen LogP contribution in [0.2, 0.25) is 0 Å². The molecule has 0 aromatic carbocycles. The monoisotopic (exact) mass is 159 g/mol. The lowest BCUT2D eigenvalue weighted by molar-refractivity contribution is -0.149. The molecule has 0 spiro atoms. The molecule has 0 aliphatic carbocycles. The van der Waals surface area contributed by atoms with Gasteiger partial charge in [-0.15, -0.1) is 0 Å². The summed E-state index contributed by atoms with van der Waals surface area (Å²) in [7, 11) is 3.87. The number of carbonyl (C=O) groups is 2. The number of carbonyl (C=O) groups excluding carboxylic acids is 2. The van der Waals surface area contributed by atoms with E-state index < -0.39 is 12.1 Å². The number of hydrogen-bond donors (Lipinski definition) is 0. The molecule has 1 atom stereocenters. The molecule has 0 amide bonds. The first-order valence-corrected chi connectivity index (χ1v) is 3.01. The summed E-state index contributed by atoms with van der Waals surface area (Å²) in [4.78, 5) is 20.5. The van der Waals surface area contributed by atoms with Crippen LogP contribution in [-0.4, -0.2) is 36.0 Å². The zero-order valence-electron chi connectivity index (χ0n) is 5.49. The van der Waals surface area contributed by atoms with Crippen LogP contribution in [0.25, 0.3) is 0 Å². The Morgan fingerprint density at radius 2 is 2.40 bits per heavy atom. The summed E-state index contributed by atoms with van der Waals surface area (Å²) in [5.41, 5.74) is 0. The third kappa shape index (κ3) is 2.74. The summed E-state index contributed by atoms with van der Waals surface area (Å²) in [5, 5.41) is 0. The van der Waals surface area contributed by atoms with Gasteiger partial charge >= 0.3 is 5.97 Å². The molecule has 0 bridgehead atoms. The highest BCUT2D eigenvalue weighted by molar-refractivity contribution is 5.99. The van der Waals surface area contributed by atoms with Crippen LogP contribution in [0, 0.1) is 0 Å². The average molecular weight is 159 g/mol. The van der Waals surface area contributed by atoms with E-state index in [4.69, 9.17) is 0 Å². The first-order valence-electron chi connectivity index (χ1n) is 2.60. The fourth-order valence-corrected chi connectivity index (χ4v) is 0.604. The van der Waals surface area contributed by atoms with E-state index in [1.54, 1.807) is 0 Å². The second kappa shape index (κ2) is 5.13. The molecule has 0 heterocycles. The van der Waals surface area contributed by atoms with Crippen LogP contribution in [-0.2, 0) is 18.8 Å². The molecule has 0 aliphatic rings. The summed E-state index contributed by atoms with van der Waals surface area (Å²) in [5.74, 6) is -0.567. The molecule has 0 fully saturated rings. The number of esters is 1. The highest BCUT2D eigenvalue weighted by Crippen LogP contribution is 1.95. The van der Waals surface area contributed by atoms with Crippen LogP contribution < -0.4 is 0 Å². The maximum absolute atomic E-state index is 10.6. The van der Waals surface area contributed by atoms with Crippen molar-refractivity contribution in [1.82, 2.24) is 0 Å². The summed E-state index contributed by atoms with van der Waals surface area (Å²) in [6.07, 6.45) is -0.253. The van der Waals surface area contributed by atoms with Gasteiger partial charge < -0.3 is 14.0 Å². The molecule has 5 heteroatoms. The predicted octanol–water partition coefficient (Wildman–Crippen LogP) is -0.783. The van der Waals surface area contributed by atoms with Gasteiger partial charge in [0.25, 0.3) is 0 Å². The Kier molecular flexibility index (Phi) is 4.78. The zero-order valence-corrected chi connectivity index (χ0v) is 6.49. The Morgan fingerprint density at radius 3 is 2.70 bits per heavy atom. The van der Waals surface area contributed by atoms with Crippen LogP contribution in [0.5, 0.6) is 0 Å². The number of ether oxygens (including phenoxy) is 1. The van der Waals surface area contributed by atoms with Crippen LogP contribution in [0.15, 0.2) is 0 Å². The van der Waals surface area contributed by atoms with Crippen molar-refractivity contribution >= 4 is 22.7 Å². The van der Waals surface area contributed by atoms with Gasteiger partial charge in [0.1, 0.15) is 12.4 Å². The van der Waals surface area contributed by atoms with Gasteiger partial charge in [0.05, 0.1) is 7.11 Å². The van der Waals surface area contributed by atoms with Gasteiger partial charge in [-0.3, -0.25) is 0 Å². The van der Waals surface area contributed by atoms with Crippen LogP contribution in [0.4, 0.5) is 0 Å². The molecule has 0 rings (SSSR count). The molecule has 4 nitrogen and oxygen atoms in total. The molecule has 0 saturated heterocycles. The van der Waals surface area contributed by atoms with Crippen LogP contribution in [0.3, 0.4) is 0 Å². The summed E-state index contributed by atoms with van der Waals surface area (Å²) < 4.78 is 8.75. The van der Waals surface area contributed by atoms with E-state index in [-0.39, 0.29) is 6.42 Å². The zero-order chi connectivity index (χ0) is 7.98. The summed E-state index contributed by atoms with van der Waals surface area (Å²) in [6.45, 7) is 0. The predicted molar refractivity (Wildman–Crippen MR) is 33.3 cm³/mol. The number of hydrogen-bond acceptors (Lipinski definition) is 4. The number of methoxy groups -OCH3 is 1. The molecule has 0 aromatic rings. The van der Waals surface area contributed by atoms with Gasteiger partial charge in [-0.05, 0) is 0 Å². The highest BCUT2D eigenvalue weighted by Gasteiger charge is 2.16. The van der Waals surface area contributed by atoms with Gasteiger partial charge in [-0.2, -0.15) is 0 Å². The van der Waals surface area contributed by atoms with E-state index in [1.807, 2.05) is 0 Å². The Bertz CT molecular complexity index is 125. The molecular weight excluding hydrogens is 152 g/mol. The molecule has 10 heavy (non-hydrogen) atoms. The van der Waals surface area contributed by atoms with Crippen molar-refractivity contribution in [3.63, 3.8) is 0 Å².